The summed E-state index contributed by atoms with van der Waals surface area (Å²) < 4.78 is 20.7. The zero-order valence-corrected chi connectivity index (χ0v) is 21.0. The van der Waals surface area contributed by atoms with Crippen LogP contribution in [-0.2, 0) is 25.4 Å². The van der Waals surface area contributed by atoms with E-state index < -0.39 is 30.1 Å². The van der Waals surface area contributed by atoms with Gasteiger partial charge in [-0.3, -0.25) is 4.79 Å². The molecule has 2 unspecified atom stereocenters. The van der Waals surface area contributed by atoms with Crippen LogP contribution in [-0.4, -0.2) is 49.1 Å². The minimum absolute atomic E-state index is 0.140. The molecule has 35 heavy (non-hydrogen) atoms. The van der Waals surface area contributed by atoms with E-state index in [1.807, 2.05) is 12.1 Å². The second-order valence-electron chi connectivity index (χ2n) is 8.27. The van der Waals surface area contributed by atoms with Gasteiger partial charge in [0, 0.05) is 30.6 Å². The summed E-state index contributed by atoms with van der Waals surface area (Å²) in [5.41, 5.74) is 5.54. The van der Waals surface area contributed by atoms with Gasteiger partial charge in [0.2, 0.25) is 6.29 Å². The molecule has 2 aromatic rings. The van der Waals surface area contributed by atoms with Crippen LogP contribution in [0.2, 0.25) is 5.02 Å². The van der Waals surface area contributed by atoms with E-state index in [0.29, 0.717) is 29.3 Å². The lowest BCUT2D eigenvalue weighted by Crippen LogP contribution is -2.42. The first kappa shape index (κ1) is 27.9. The maximum atomic E-state index is 12.5. The summed E-state index contributed by atoms with van der Waals surface area (Å²) >= 11 is 5.84. The quantitative estimate of drug-likeness (QED) is 0.347. The van der Waals surface area contributed by atoms with E-state index in [4.69, 9.17) is 36.3 Å². The molecule has 0 spiro atoms. The van der Waals surface area contributed by atoms with Crippen molar-refractivity contribution in [1.29, 1.82) is 0 Å². The first-order chi connectivity index (χ1) is 16.5. The molecule has 0 aromatic heterocycles. The molecule has 0 aliphatic heterocycles. The van der Waals surface area contributed by atoms with Gasteiger partial charge in [-0.05, 0) is 69.2 Å². The maximum absolute atomic E-state index is 12.5. The van der Waals surface area contributed by atoms with Crippen molar-refractivity contribution >= 4 is 29.6 Å². The number of benzene rings is 2. The molecule has 0 saturated carbocycles. The molecule has 1 amide bonds. The highest BCUT2D eigenvalue weighted by Gasteiger charge is 2.34. The summed E-state index contributed by atoms with van der Waals surface area (Å²) in [5.74, 6) is -0.452. The smallest absolute Gasteiger partial charge is 0.476 e. The SMILES string of the molecule is CC(CN)OC(=O)OC(C)OC(=O)C(C)(C)Oc1ccc(CCNC(=O)c2ccc(Cl)cc2)cc1. The van der Waals surface area contributed by atoms with Crippen LogP contribution in [0.5, 0.6) is 5.75 Å². The first-order valence-electron chi connectivity index (χ1n) is 11.1. The molecule has 190 valence electrons. The van der Waals surface area contributed by atoms with Crippen LogP contribution < -0.4 is 15.8 Å². The molecule has 2 rings (SSSR count). The van der Waals surface area contributed by atoms with Gasteiger partial charge in [-0.15, -0.1) is 0 Å². The molecule has 0 bridgehead atoms. The van der Waals surface area contributed by atoms with E-state index in [-0.39, 0.29) is 12.5 Å². The number of carbonyl (C=O) groups is 3. The predicted octanol–water partition coefficient (Wildman–Crippen LogP) is 3.86. The van der Waals surface area contributed by atoms with Gasteiger partial charge in [-0.1, -0.05) is 23.7 Å². The third-order valence-corrected chi connectivity index (χ3v) is 5.01. The van der Waals surface area contributed by atoms with Crippen LogP contribution in [0.4, 0.5) is 4.79 Å². The molecular weight excluding hydrogens is 476 g/mol. The number of carbonyl (C=O) groups excluding carboxylic acids is 3. The number of hydrogen-bond donors (Lipinski definition) is 2. The number of nitrogens with one attached hydrogen (secondary N) is 1. The summed E-state index contributed by atoms with van der Waals surface area (Å²) in [6, 6.07) is 13.8. The first-order valence-corrected chi connectivity index (χ1v) is 11.5. The van der Waals surface area contributed by atoms with E-state index in [1.165, 1.54) is 20.8 Å². The normalized spacial score (nSPS) is 12.7. The van der Waals surface area contributed by atoms with Crippen molar-refractivity contribution in [3.8, 4) is 5.75 Å². The van der Waals surface area contributed by atoms with E-state index in [1.54, 1.807) is 43.3 Å². The van der Waals surface area contributed by atoms with E-state index in [2.05, 4.69) is 5.32 Å². The molecule has 2 atom stereocenters. The molecule has 0 aliphatic carbocycles. The fourth-order valence-corrected chi connectivity index (χ4v) is 2.90. The average molecular weight is 507 g/mol. The molecule has 0 fully saturated rings. The van der Waals surface area contributed by atoms with Crippen molar-refractivity contribution in [1.82, 2.24) is 5.32 Å². The number of hydrogen-bond acceptors (Lipinski definition) is 8. The Morgan fingerprint density at radius 1 is 0.971 bits per heavy atom. The Labute approximate surface area is 209 Å². The molecular formula is C25H31ClN2O7. The Balaban J connectivity index is 1.81. The van der Waals surface area contributed by atoms with Crippen LogP contribution in [0.1, 0.15) is 43.6 Å². The summed E-state index contributed by atoms with van der Waals surface area (Å²) in [4.78, 5) is 36.3. The highest BCUT2D eigenvalue weighted by atomic mass is 35.5. The van der Waals surface area contributed by atoms with Gasteiger partial charge in [0.25, 0.3) is 5.91 Å². The van der Waals surface area contributed by atoms with Crippen LogP contribution in [0.25, 0.3) is 0 Å². The molecule has 10 heteroatoms. The van der Waals surface area contributed by atoms with Gasteiger partial charge in [0.1, 0.15) is 11.9 Å². The lowest BCUT2D eigenvalue weighted by atomic mass is 10.1. The van der Waals surface area contributed by atoms with Crippen molar-refractivity contribution in [2.75, 3.05) is 13.1 Å². The zero-order valence-electron chi connectivity index (χ0n) is 20.2. The average Bonchev–Trinajstić information content (AvgIpc) is 2.80. The fourth-order valence-electron chi connectivity index (χ4n) is 2.78. The van der Waals surface area contributed by atoms with E-state index in [9.17, 15) is 14.4 Å². The molecule has 0 heterocycles. The van der Waals surface area contributed by atoms with Crippen molar-refractivity contribution in [2.45, 2.75) is 52.1 Å². The Kier molecular flexibility index (Phi) is 10.4. The van der Waals surface area contributed by atoms with Gasteiger partial charge >= 0.3 is 12.1 Å². The largest absolute Gasteiger partial charge is 0.511 e. The monoisotopic (exact) mass is 506 g/mol. The Morgan fingerprint density at radius 2 is 1.60 bits per heavy atom. The minimum Gasteiger partial charge on any atom is -0.476 e. The number of amides is 1. The lowest BCUT2D eigenvalue weighted by Gasteiger charge is -2.26. The lowest BCUT2D eigenvalue weighted by molar-refractivity contribution is -0.183. The van der Waals surface area contributed by atoms with E-state index >= 15 is 0 Å². The molecule has 2 aromatic carbocycles. The third-order valence-electron chi connectivity index (χ3n) is 4.76. The summed E-state index contributed by atoms with van der Waals surface area (Å²) in [6.45, 7) is 6.67. The van der Waals surface area contributed by atoms with Crippen molar-refractivity contribution in [3.05, 3.63) is 64.7 Å². The maximum Gasteiger partial charge on any atom is 0.511 e. The molecule has 0 aliphatic rings. The standard InChI is InChI=1S/C25H31ClN2O7/c1-16(15-27)32-24(31)34-17(2)33-23(30)25(3,4)35-21-11-5-18(6-12-21)13-14-28-22(29)19-7-9-20(26)10-8-19/h5-12,16-17H,13-15,27H2,1-4H3,(H,28,29). The Bertz CT molecular complexity index is 994. The van der Waals surface area contributed by atoms with Crippen molar-refractivity contribution in [2.24, 2.45) is 5.73 Å². The number of esters is 1. The number of halogens is 1. The second kappa shape index (κ2) is 13.0. The molecule has 0 saturated heterocycles. The third kappa shape index (κ3) is 9.46. The van der Waals surface area contributed by atoms with Crippen LogP contribution in [0.15, 0.2) is 48.5 Å². The van der Waals surface area contributed by atoms with Gasteiger partial charge in [-0.25, -0.2) is 9.59 Å². The molecule has 9 nitrogen and oxygen atoms in total. The topological polar surface area (TPSA) is 126 Å². The Morgan fingerprint density at radius 3 is 2.20 bits per heavy atom. The number of rotatable bonds is 11. The zero-order chi connectivity index (χ0) is 26.0. The van der Waals surface area contributed by atoms with Crippen molar-refractivity contribution < 1.29 is 33.3 Å². The van der Waals surface area contributed by atoms with Gasteiger partial charge < -0.3 is 30.0 Å². The molecule has 0 radical (unpaired) electrons. The van der Waals surface area contributed by atoms with Crippen LogP contribution >= 0.6 is 11.6 Å². The molecule has 3 N–H and O–H groups in total. The highest BCUT2D eigenvalue weighted by molar-refractivity contribution is 6.30. The predicted molar refractivity (Wildman–Crippen MR) is 130 cm³/mol. The van der Waals surface area contributed by atoms with Crippen LogP contribution in [0, 0.1) is 0 Å². The number of nitrogens with two attached hydrogens (primary N) is 1. The highest BCUT2D eigenvalue weighted by Crippen LogP contribution is 2.21. The van der Waals surface area contributed by atoms with E-state index in [0.717, 1.165) is 5.56 Å². The summed E-state index contributed by atoms with van der Waals surface area (Å²) in [7, 11) is 0. The fraction of sp³-hybridized carbons (Fsp3) is 0.400. The summed E-state index contributed by atoms with van der Waals surface area (Å²) in [6.07, 6.45) is -2.07. The van der Waals surface area contributed by atoms with Gasteiger partial charge in [0.05, 0.1) is 0 Å². The van der Waals surface area contributed by atoms with Crippen molar-refractivity contribution in [3.63, 3.8) is 0 Å². The minimum atomic E-state index is -1.35. The summed E-state index contributed by atoms with van der Waals surface area (Å²) in [5, 5.41) is 3.42. The Hall–Kier alpha value is -3.30. The van der Waals surface area contributed by atoms with Gasteiger partial charge in [-0.2, -0.15) is 0 Å². The second-order valence-corrected chi connectivity index (χ2v) is 8.71. The van der Waals surface area contributed by atoms with Gasteiger partial charge in [0.15, 0.2) is 5.60 Å². The van der Waals surface area contributed by atoms with Crippen LogP contribution in [0.3, 0.4) is 0 Å². The number of ether oxygens (including phenoxy) is 4.